The summed E-state index contributed by atoms with van der Waals surface area (Å²) in [4.78, 5) is 28.1. The molecule has 0 aliphatic heterocycles. The number of fused-ring (bicyclic) bond motifs is 3. The summed E-state index contributed by atoms with van der Waals surface area (Å²) in [6.07, 6.45) is 4.57. The van der Waals surface area contributed by atoms with Crippen LogP contribution in [0.1, 0.15) is 40.0 Å². The van der Waals surface area contributed by atoms with Gasteiger partial charge in [-0.05, 0) is 55.0 Å². The fourth-order valence-corrected chi connectivity index (χ4v) is 3.77. The number of carbonyl (C=O) groups is 2. The number of hydrogen-bond donors (Lipinski definition) is 3. The van der Waals surface area contributed by atoms with Crippen LogP contribution in [-0.2, 0) is 24.1 Å². The van der Waals surface area contributed by atoms with Gasteiger partial charge in [0.15, 0.2) is 0 Å². The maximum absolute atomic E-state index is 12.6. The molecule has 27 heavy (non-hydrogen) atoms. The molecule has 3 aromatic rings. The molecule has 0 saturated heterocycles. The second-order valence-electron chi connectivity index (χ2n) is 6.82. The van der Waals surface area contributed by atoms with Crippen molar-refractivity contribution in [3.63, 3.8) is 0 Å². The van der Waals surface area contributed by atoms with Gasteiger partial charge in [0, 0.05) is 16.1 Å². The number of amides is 2. The quantitative estimate of drug-likeness (QED) is 0.605. The number of hydrogen-bond acceptors (Lipinski definition) is 2. The molecule has 0 unspecified atom stereocenters. The first kappa shape index (κ1) is 17.6. The highest BCUT2D eigenvalue weighted by Crippen LogP contribution is 2.30. The Morgan fingerprint density at radius 3 is 2.59 bits per heavy atom. The van der Waals surface area contributed by atoms with E-state index in [-0.39, 0.29) is 18.2 Å². The van der Waals surface area contributed by atoms with E-state index in [1.54, 1.807) is 30.3 Å². The molecule has 1 aromatic heterocycles. The number of para-hydroxylation sites is 1. The molecule has 0 spiro atoms. The highest BCUT2D eigenvalue weighted by atomic mass is 35.5. The molecular weight excluding hydrogens is 362 g/mol. The summed E-state index contributed by atoms with van der Waals surface area (Å²) in [6.45, 7) is 0. The Balaban J connectivity index is 1.46. The van der Waals surface area contributed by atoms with E-state index < -0.39 is 0 Å². The average molecular weight is 382 g/mol. The topological polar surface area (TPSA) is 74.0 Å². The van der Waals surface area contributed by atoms with Crippen molar-refractivity contribution in [3.05, 3.63) is 69.9 Å². The smallest absolute Gasteiger partial charge is 0.271 e. The molecule has 0 bridgehead atoms. The number of carbonyl (C=O) groups excluding carboxylic acids is 2. The number of hydrazine groups is 1. The zero-order valence-corrected chi connectivity index (χ0v) is 15.5. The first-order chi connectivity index (χ1) is 13.1. The third-order valence-corrected chi connectivity index (χ3v) is 5.22. The molecule has 3 N–H and O–H groups in total. The van der Waals surface area contributed by atoms with Crippen LogP contribution in [0.2, 0.25) is 5.02 Å². The molecule has 0 fully saturated rings. The molecule has 4 rings (SSSR count). The van der Waals surface area contributed by atoms with Gasteiger partial charge in [0.2, 0.25) is 5.91 Å². The lowest BCUT2D eigenvalue weighted by atomic mass is 9.95. The van der Waals surface area contributed by atoms with E-state index in [2.05, 4.69) is 15.8 Å². The molecular formula is C21H20ClN3O2. The van der Waals surface area contributed by atoms with Crippen molar-refractivity contribution >= 4 is 34.3 Å². The normalized spacial score (nSPS) is 13.2. The largest absolute Gasteiger partial charge is 0.358 e. The van der Waals surface area contributed by atoms with Crippen molar-refractivity contribution in [3.8, 4) is 0 Å². The Morgan fingerprint density at radius 2 is 1.78 bits per heavy atom. The summed E-state index contributed by atoms with van der Waals surface area (Å²) < 4.78 is 0. The third kappa shape index (κ3) is 3.69. The zero-order chi connectivity index (χ0) is 18.8. The van der Waals surface area contributed by atoms with Gasteiger partial charge in [0.25, 0.3) is 5.91 Å². The summed E-state index contributed by atoms with van der Waals surface area (Å²) >= 11 is 5.84. The van der Waals surface area contributed by atoms with Crippen molar-refractivity contribution in [1.82, 2.24) is 15.8 Å². The van der Waals surface area contributed by atoms with Crippen LogP contribution in [0.3, 0.4) is 0 Å². The van der Waals surface area contributed by atoms with E-state index in [1.165, 1.54) is 24.1 Å². The number of H-pyrrole nitrogens is 1. The average Bonchev–Trinajstić information content (AvgIpc) is 3.07. The Morgan fingerprint density at radius 1 is 1.00 bits per heavy atom. The van der Waals surface area contributed by atoms with Crippen LogP contribution in [0, 0.1) is 0 Å². The van der Waals surface area contributed by atoms with Crippen LogP contribution in [0.5, 0.6) is 0 Å². The van der Waals surface area contributed by atoms with Gasteiger partial charge in [-0.15, -0.1) is 0 Å². The summed E-state index contributed by atoms with van der Waals surface area (Å²) in [5, 5.41) is 1.72. The Labute approximate surface area is 162 Å². The van der Waals surface area contributed by atoms with Crippen molar-refractivity contribution in [2.75, 3.05) is 0 Å². The fraction of sp³-hybridized carbons (Fsp3) is 0.238. The summed E-state index contributed by atoms with van der Waals surface area (Å²) in [6, 6.07) is 12.7. The highest BCUT2D eigenvalue weighted by molar-refractivity contribution is 6.30. The van der Waals surface area contributed by atoms with E-state index in [4.69, 9.17) is 11.6 Å². The predicted octanol–water partition coefficient (Wildman–Crippen LogP) is 3.70. The van der Waals surface area contributed by atoms with Crippen molar-refractivity contribution in [1.29, 1.82) is 0 Å². The second-order valence-corrected chi connectivity index (χ2v) is 7.26. The maximum Gasteiger partial charge on any atom is 0.271 e. The van der Waals surface area contributed by atoms with Crippen molar-refractivity contribution in [2.45, 2.75) is 32.1 Å². The molecule has 6 heteroatoms. The molecule has 1 heterocycles. The molecule has 138 valence electrons. The molecule has 0 atom stereocenters. The minimum absolute atomic E-state index is 0.165. The molecule has 2 aromatic carbocycles. The third-order valence-electron chi connectivity index (χ3n) is 4.97. The van der Waals surface area contributed by atoms with Gasteiger partial charge in [0.05, 0.1) is 17.5 Å². The summed E-state index contributed by atoms with van der Waals surface area (Å²) in [7, 11) is 0. The number of benzene rings is 2. The molecule has 1 aliphatic rings. The van der Waals surface area contributed by atoms with Crippen LogP contribution < -0.4 is 10.9 Å². The Hall–Kier alpha value is -2.79. The number of halogens is 1. The monoisotopic (exact) mass is 381 g/mol. The first-order valence-electron chi connectivity index (χ1n) is 9.08. The van der Waals surface area contributed by atoms with Gasteiger partial charge in [-0.25, -0.2) is 0 Å². The zero-order valence-electron chi connectivity index (χ0n) is 14.8. The number of aromatic amines is 1. The lowest BCUT2D eigenvalue weighted by Crippen LogP contribution is -2.42. The van der Waals surface area contributed by atoms with Gasteiger partial charge < -0.3 is 4.98 Å². The molecule has 0 saturated carbocycles. The molecule has 2 amide bonds. The Bertz CT molecular complexity index is 1010. The molecule has 0 radical (unpaired) electrons. The van der Waals surface area contributed by atoms with Crippen LogP contribution in [0.25, 0.3) is 10.9 Å². The van der Waals surface area contributed by atoms with Crippen molar-refractivity contribution < 1.29 is 9.59 Å². The second kappa shape index (κ2) is 7.45. The summed E-state index contributed by atoms with van der Waals surface area (Å²) in [5.74, 6) is -0.618. The van der Waals surface area contributed by atoms with E-state index in [0.29, 0.717) is 10.6 Å². The van der Waals surface area contributed by atoms with E-state index in [1.807, 2.05) is 12.1 Å². The van der Waals surface area contributed by atoms with Crippen LogP contribution in [-0.4, -0.2) is 16.8 Å². The highest BCUT2D eigenvalue weighted by Gasteiger charge is 2.19. The van der Waals surface area contributed by atoms with Crippen molar-refractivity contribution in [2.24, 2.45) is 0 Å². The summed E-state index contributed by atoms with van der Waals surface area (Å²) in [5.41, 5.74) is 9.75. The van der Waals surface area contributed by atoms with Gasteiger partial charge in [-0.1, -0.05) is 35.9 Å². The van der Waals surface area contributed by atoms with E-state index in [9.17, 15) is 9.59 Å². The van der Waals surface area contributed by atoms with E-state index in [0.717, 1.165) is 29.3 Å². The van der Waals surface area contributed by atoms with Gasteiger partial charge in [0.1, 0.15) is 0 Å². The predicted molar refractivity (Wildman–Crippen MR) is 106 cm³/mol. The standard InChI is InChI=1S/C21H20ClN3O2/c22-14-10-8-13(9-11-14)12-19(26)24-25-21(27)17-6-3-5-16-15-4-1-2-7-18(15)23-20(16)17/h3,5-6,8-11,23H,1-2,4,7,12H2,(H,24,26)(H,25,27). The number of nitrogens with one attached hydrogen (secondary N) is 3. The number of aromatic nitrogens is 1. The van der Waals surface area contributed by atoms with E-state index >= 15 is 0 Å². The SMILES string of the molecule is O=C(Cc1ccc(Cl)cc1)NNC(=O)c1cccc2c3c([nH]c12)CCCC3. The van der Waals surface area contributed by atoms with Gasteiger partial charge in [-0.2, -0.15) is 0 Å². The fourth-order valence-electron chi connectivity index (χ4n) is 3.64. The maximum atomic E-state index is 12.6. The molecule has 5 nitrogen and oxygen atoms in total. The lowest BCUT2D eigenvalue weighted by molar-refractivity contribution is -0.121. The lowest BCUT2D eigenvalue weighted by Gasteiger charge is -2.10. The van der Waals surface area contributed by atoms with Crippen LogP contribution >= 0.6 is 11.6 Å². The minimum atomic E-state index is -0.330. The van der Waals surface area contributed by atoms with Crippen LogP contribution in [0.15, 0.2) is 42.5 Å². The Kier molecular flexibility index (Phi) is 4.86. The number of aryl methyl sites for hydroxylation is 2. The number of rotatable bonds is 3. The van der Waals surface area contributed by atoms with Gasteiger partial charge >= 0.3 is 0 Å². The minimum Gasteiger partial charge on any atom is -0.358 e. The van der Waals surface area contributed by atoms with Gasteiger partial charge in [-0.3, -0.25) is 20.4 Å². The van der Waals surface area contributed by atoms with Crippen LogP contribution in [0.4, 0.5) is 0 Å². The first-order valence-corrected chi connectivity index (χ1v) is 9.45. The molecule has 1 aliphatic carbocycles.